The van der Waals surface area contributed by atoms with E-state index in [1.807, 2.05) is 32.0 Å². The van der Waals surface area contributed by atoms with E-state index in [-0.39, 0.29) is 19.3 Å². The molecule has 1 N–H and O–H groups in total. The second-order valence-electron chi connectivity index (χ2n) is 5.84. The molecule has 0 saturated carbocycles. The molecule has 0 radical (unpaired) electrons. The minimum atomic E-state index is -0.584. The van der Waals surface area contributed by atoms with Gasteiger partial charge in [-0.25, -0.2) is 4.79 Å². The average Bonchev–Trinajstić information content (AvgIpc) is 3.08. The molecule has 2 aromatic carbocycles. The van der Waals surface area contributed by atoms with E-state index >= 15 is 0 Å². The van der Waals surface area contributed by atoms with Gasteiger partial charge < -0.3 is 19.5 Å². The number of ether oxygens (including phenoxy) is 3. The number of benzene rings is 2. The third-order valence-corrected chi connectivity index (χ3v) is 4.00. The molecule has 1 amide bonds. The Morgan fingerprint density at radius 3 is 2.64 bits per heavy atom. The van der Waals surface area contributed by atoms with Crippen LogP contribution in [0.15, 0.2) is 36.4 Å². The fourth-order valence-corrected chi connectivity index (χ4v) is 2.40. The number of hydrogen-bond acceptors (Lipinski definition) is 5. The van der Waals surface area contributed by atoms with Crippen LogP contribution in [0.25, 0.3) is 0 Å². The summed E-state index contributed by atoms with van der Waals surface area (Å²) in [5.74, 6) is 0.142. The molecule has 0 saturated heterocycles. The largest absolute Gasteiger partial charge is 0.454 e. The molecule has 130 valence electrons. The van der Waals surface area contributed by atoms with Gasteiger partial charge in [-0.1, -0.05) is 18.2 Å². The number of rotatable bonds is 5. The van der Waals surface area contributed by atoms with Crippen LogP contribution in [0, 0.1) is 13.8 Å². The molecule has 0 aromatic heterocycles. The summed E-state index contributed by atoms with van der Waals surface area (Å²) in [6, 6.07) is 10.7. The van der Waals surface area contributed by atoms with Gasteiger partial charge in [0.05, 0.1) is 5.56 Å². The molecule has 0 spiro atoms. The zero-order valence-electron chi connectivity index (χ0n) is 14.1. The first kappa shape index (κ1) is 16.8. The zero-order valence-corrected chi connectivity index (χ0v) is 14.1. The summed E-state index contributed by atoms with van der Waals surface area (Å²) < 4.78 is 15.4. The van der Waals surface area contributed by atoms with Crippen LogP contribution >= 0.6 is 0 Å². The van der Waals surface area contributed by atoms with Crippen molar-refractivity contribution in [1.82, 2.24) is 5.32 Å². The van der Waals surface area contributed by atoms with Crippen LogP contribution in [-0.2, 0) is 16.1 Å². The fourth-order valence-electron chi connectivity index (χ4n) is 2.40. The third kappa shape index (κ3) is 4.09. The number of fused-ring (bicyclic) bond motifs is 1. The fraction of sp³-hybridized carbons (Fsp3) is 0.263. The molecule has 6 heteroatoms. The highest BCUT2D eigenvalue weighted by atomic mass is 16.7. The van der Waals surface area contributed by atoms with Gasteiger partial charge >= 0.3 is 5.97 Å². The Kier molecular flexibility index (Phi) is 4.88. The normalized spacial score (nSPS) is 11.9. The predicted molar refractivity (Wildman–Crippen MR) is 90.6 cm³/mol. The topological polar surface area (TPSA) is 73.9 Å². The quantitative estimate of drug-likeness (QED) is 0.846. The summed E-state index contributed by atoms with van der Waals surface area (Å²) in [6.07, 6.45) is 0. The van der Waals surface area contributed by atoms with Crippen LogP contribution in [-0.4, -0.2) is 25.3 Å². The van der Waals surface area contributed by atoms with E-state index in [0.717, 1.165) is 5.56 Å². The molecule has 1 heterocycles. The van der Waals surface area contributed by atoms with Crippen molar-refractivity contribution in [3.05, 3.63) is 58.7 Å². The maximum Gasteiger partial charge on any atom is 0.338 e. The maximum absolute atomic E-state index is 12.0. The first-order valence-corrected chi connectivity index (χ1v) is 7.92. The lowest BCUT2D eigenvalue weighted by Crippen LogP contribution is -2.28. The Hall–Kier alpha value is -3.02. The Morgan fingerprint density at radius 2 is 1.84 bits per heavy atom. The molecule has 0 aliphatic carbocycles. The van der Waals surface area contributed by atoms with Crippen molar-refractivity contribution in [3.63, 3.8) is 0 Å². The van der Waals surface area contributed by atoms with Crippen molar-refractivity contribution in [2.24, 2.45) is 0 Å². The van der Waals surface area contributed by atoms with Crippen LogP contribution in [0.2, 0.25) is 0 Å². The minimum Gasteiger partial charge on any atom is -0.454 e. The molecule has 1 aliphatic heterocycles. The van der Waals surface area contributed by atoms with E-state index < -0.39 is 5.97 Å². The summed E-state index contributed by atoms with van der Waals surface area (Å²) in [5.41, 5.74) is 3.68. The van der Waals surface area contributed by atoms with Crippen LogP contribution in [0.3, 0.4) is 0 Å². The Bertz CT molecular complexity index is 815. The molecular formula is C19H19NO5. The van der Waals surface area contributed by atoms with Crippen LogP contribution in [0.1, 0.15) is 27.0 Å². The van der Waals surface area contributed by atoms with Gasteiger partial charge in [-0.15, -0.1) is 0 Å². The molecule has 0 fully saturated rings. The number of hydrogen-bond donors (Lipinski definition) is 1. The number of nitrogens with one attached hydrogen (secondary N) is 1. The highest BCUT2D eigenvalue weighted by molar-refractivity contribution is 5.92. The van der Waals surface area contributed by atoms with Gasteiger partial charge in [0.1, 0.15) is 0 Å². The molecule has 0 bridgehead atoms. The van der Waals surface area contributed by atoms with Gasteiger partial charge in [0.25, 0.3) is 5.91 Å². The lowest BCUT2D eigenvalue weighted by Gasteiger charge is -2.08. The number of carbonyl (C=O) groups excluding carboxylic acids is 2. The second-order valence-corrected chi connectivity index (χ2v) is 5.84. The molecule has 25 heavy (non-hydrogen) atoms. The maximum atomic E-state index is 12.0. The van der Waals surface area contributed by atoms with Crippen molar-refractivity contribution in [1.29, 1.82) is 0 Å². The van der Waals surface area contributed by atoms with Gasteiger partial charge in [0.2, 0.25) is 6.79 Å². The van der Waals surface area contributed by atoms with Gasteiger partial charge in [-0.2, -0.15) is 0 Å². The molecule has 6 nitrogen and oxygen atoms in total. The predicted octanol–water partition coefficient (Wildman–Crippen LogP) is 2.51. The molecular weight excluding hydrogens is 322 g/mol. The zero-order chi connectivity index (χ0) is 17.8. The second kappa shape index (κ2) is 7.25. The standard InChI is InChI=1S/C19H19NO5/c1-12-3-4-14(7-13(12)2)9-20-18(21)10-23-19(22)15-5-6-16-17(8-15)25-11-24-16/h3-8H,9-11H2,1-2H3,(H,20,21). The summed E-state index contributed by atoms with van der Waals surface area (Å²) in [5, 5.41) is 2.73. The monoisotopic (exact) mass is 341 g/mol. The Labute approximate surface area is 145 Å². The minimum absolute atomic E-state index is 0.134. The van der Waals surface area contributed by atoms with Crippen molar-refractivity contribution in [3.8, 4) is 11.5 Å². The summed E-state index contributed by atoms with van der Waals surface area (Å²) >= 11 is 0. The first-order chi connectivity index (χ1) is 12.0. The van der Waals surface area contributed by atoms with Crippen molar-refractivity contribution in [2.45, 2.75) is 20.4 Å². The lowest BCUT2D eigenvalue weighted by molar-refractivity contribution is -0.124. The highest BCUT2D eigenvalue weighted by Gasteiger charge is 2.17. The van der Waals surface area contributed by atoms with Gasteiger partial charge in [-0.05, 0) is 48.7 Å². The van der Waals surface area contributed by atoms with Crippen LogP contribution in [0.4, 0.5) is 0 Å². The lowest BCUT2D eigenvalue weighted by atomic mass is 10.1. The number of aryl methyl sites for hydroxylation is 2. The van der Waals surface area contributed by atoms with E-state index in [1.165, 1.54) is 17.2 Å². The van der Waals surface area contributed by atoms with E-state index in [4.69, 9.17) is 14.2 Å². The molecule has 2 aromatic rings. The highest BCUT2D eigenvalue weighted by Crippen LogP contribution is 2.32. The summed E-state index contributed by atoms with van der Waals surface area (Å²) in [6.45, 7) is 4.25. The number of esters is 1. The van der Waals surface area contributed by atoms with Gasteiger partial charge in [0, 0.05) is 6.54 Å². The number of carbonyl (C=O) groups is 2. The Morgan fingerprint density at radius 1 is 1.04 bits per heavy atom. The van der Waals surface area contributed by atoms with E-state index in [0.29, 0.717) is 23.6 Å². The molecule has 3 rings (SSSR count). The smallest absolute Gasteiger partial charge is 0.338 e. The summed E-state index contributed by atoms with van der Waals surface area (Å²) in [7, 11) is 0. The van der Waals surface area contributed by atoms with Gasteiger partial charge in [0.15, 0.2) is 18.1 Å². The van der Waals surface area contributed by atoms with E-state index in [2.05, 4.69) is 5.32 Å². The molecule has 0 unspecified atom stereocenters. The first-order valence-electron chi connectivity index (χ1n) is 7.92. The average molecular weight is 341 g/mol. The van der Waals surface area contributed by atoms with Crippen LogP contribution in [0.5, 0.6) is 11.5 Å². The molecule has 1 aliphatic rings. The number of amides is 1. The van der Waals surface area contributed by atoms with Crippen molar-refractivity contribution in [2.75, 3.05) is 13.4 Å². The summed E-state index contributed by atoms with van der Waals surface area (Å²) in [4.78, 5) is 23.9. The van der Waals surface area contributed by atoms with Gasteiger partial charge in [-0.3, -0.25) is 4.79 Å². The van der Waals surface area contributed by atoms with E-state index in [9.17, 15) is 9.59 Å². The third-order valence-electron chi connectivity index (χ3n) is 4.00. The van der Waals surface area contributed by atoms with Crippen molar-refractivity contribution < 1.29 is 23.8 Å². The van der Waals surface area contributed by atoms with E-state index in [1.54, 1.807) is 12.1 Å². The Balaban J connectivity index is 1.48. The SMILES string of the molecule is Cc1ccc(CNC(=O)COC(=O)c2ccc3c(c2)OCO3)cc1C. The van der Waals surface area contributed by atoms with Crippen LogP contribution < -0.4 is 14.8 Å². The van der Waals surface area contributed by atoms with Crippen molar-refractivity contribution >= 4 is 11.9 Å². The molecule has 0 atom stereocenters.